The molecule has 0 spiro atoms. The Morgan fingerprint density at radius 2 is 2.04 bits per heavy atom. The monoisotopic (exact) mass is 311 g/mol. The van der Waals surface area contributed by atoms with Crippen LogP contribution in [0.5, 0.6) is 0 Å². The first-order chi connectivity index (χ1) is 11.1. The molecule has 8 heteroatoms. The van der Waals surface area contributed by atoms with Crippen LogP contribution in [0.1, 0.15) is 16.2 Å². The Labute approximate surface area is 130 Å². The number of carbonyl (C=O) groups is 1. The standard InChI is InChI=1S/C15H13N5O3/c1-10-14(20(22)23)13(18-17-10)15(21)16-11-5-4-6-12(9-11)19-7-2-3-8-19/h2-9H,1H3,(H,16,21)(H,17,18). The molecule has 3 aromatic rings. The number of aromatic nitrogens is 3. The van der Waals surface area contributed by atoms with Crippen molar-refractivity contribution in [3.05, 3.63) is 70.3 Å². The third-order valence-electron chi connectivity index (χ3n) is 3.32. The van der Waals surface area contributed by atoms with Crippen LogP contribution in [0.15, 0.2) is 48.8 Å². The maximum absolute atomic E-state index is 12.2. The number of hydrogen-bond acceptors (Lipinski definition) is 4. The number of rotatable bonds is 4. The zero-order chi connectivity index (χ0) is 16.4. The van der Waals surface area contributed by atoms with E-state index in [1.54, 1.807) is 18.2 Å². The number of hydrogen-bond donors (Lipinski definition) is 2. The molecule has 116 valence electrons. The number of amides is 1. The largest absolute Gasteiger partial charge is 0.324 e. The first-order valence-electron chi connectivity index (χ1n) is 6.80. The van der Waals surface area contributed by atoms with E-state index in [9.17, 15) is 14.9 Å². The van der Waals surface area contributed by atoms with E-state index in [0.29, 0.717) is 5.69 Å². The summed E-state index contributed by atoms with van der Waals surface area (Å²) in [5.74, 6) is -0.634. The molecule has 2 N–H and O–H groups in total. The first kappa shape index (κ1) is 14.5. The van der Waals surface area contributed by atoms with E-state index in [2.05, 4.69) is 15.5 Å². The van der Waals surface area contributed by atoms with E-state index in [1.165, 1.54) is 6.92 Å². The van der Waals surface area contributed by atoms with Crippen molar-refractivity contribution in [2.75, 3.05) is 5.32 Å². The van der Waals surface area contributed by atoms with Gasteiger partial charge in [-0.2, -0.15) is 5.10 Å². The van der Waals surface area contributed by atoms with Crippen LogP contribution in [0.3, 0.4) is 0 Å². The zero-order valence-electron chi connectivity index (χ0n) is 12.2. The van der Waals surface area contributed by atoms with E-state index < -0.39 is 10.8 Å². The van der Waals surface area contributed by atoms with Gasteiger partial charge in [-0.05, 0) is 37.3 Å². The maximum Gasteiger partial charge on any atom is 0.322 e. The van der Waals surface area contributed by atoms with Gasteiger partial charge in [-0.25, -0.2) is 0 Å². The van der Waals surface area contributed by atoms with Gasteiger partial charge in [-0.3, -0.25) is 20.0 Å². The number of H-pyrrole nitrogens is 1. The summed E-state index contributed by atoms with van der Waals surface area (Å²) < 4.78 is 1.89. The average Bonchev–Trinajstić information content (AvgIpc) is 3.16. The Hall–Kier alpha value is -3.42. The molecule has 0 saturated carbocycles. The van der Waals surface area contributed by atoms with Crippen LogP contribution in [-0.4, -0.2) is 25.6 Å². The second-order valence-electron chi connectivity index (χ2n) is 4.90. The highest BCUT2D eigenvalue weighted by Gasteiger charge is 2.27. The van der Waals surface area contributed by atoms with Crippen LogP contribution in [0.25, 0.3) is 5.69 Å². The molecule has 8 nitrogen and oxygen atoms in total. The molecular weight excluding hydrogens is 298 g/mol. The molecule has 2 aromatic heterocycles. The highest BCUT2D eigenvalue weighted by atomic mass is 16.6. The van der Waals surface area contributed by atoms with E-state index in [1.807, 2.05) is 35.2 Å². The number of anilines is 1. The van der Waals surface area contributed by atoms with Crippen molar-refractivity contribution < 1.29 is 9.72 Å². The molecule has 0 aliphatic carbocycles. The predicted molar refractivity (Wildman–Crippen MR) is 83.7 cm³/mol. The van der Waals surface area contributed by atoms with Gasteiger partial charge in [-0.1, -0.05) is 6.07 Å². The topological polar surface area (TPSA) is 106 Å². The lowest BCUT2D eigenvalue weighted by molar-refractivity contribution is -0.385. The number of aromatic amines is 1. The van der Waals surface area contributed by atoms with Crippen LogP contribution in [0.2, 0.25) is 0 Å². The fourth-order valence-electron chi connectivity index (χ4n) is 2.25. The fourth-order valence-corrected chi connectivity index (χ4v) is 2.25. The molecule has 23 heavy (non-hydrogen) atoms. The number of benzene rings is 1. The summed E-state index contributed by atoms with van der Waals surface area (Å²) in [6, 6.07) is 10.9. The van der Waals surface area contributed by atoms with Crippen molar-refractivity contribution in [3.63, 3.8) is 0 Å². The molecule has 0 aliphatic rings. The van der Waals surface area contributed by atoms with Crippen molar-refractivity contribution in [2.24, 2.45) is 0 Å². The van der Waals surface area contributed by atoms with E-state index in [0.717, 1.165) is 5.69 Å². The van der Waals surface area contributed by atoms with Gasteiger partial charge in [0, 0.05) is 23.8 Å². The number of nitrogens with zero attached hydrogens (tertiary/aromatic N) is 3. The minimum Gasteiger partial charge on any atom is -0.324 e. The third kappa shape index (κ3) is 2.82. The van der Waals surface area contributed by atoms with Crippen molar-refractivity contribution in [3.8, 4) is 5.69 Å². The minimum absolute atomic E-state index is 0.237. The highest BCUT2D eigenvalue weighted by Crippen LogP contribution is 2.22. The molecular formula is C15H13N5O3. The molecule has 1 amide bonds. The minimum atomic E-state index is -0.634. The van der Waals surface area contributed by atoms with E-state index in [-0.39, 0.29) is 17.1 Å². The summed E-state index contributed by atoms with van der Waals surface area (Å²) in [7, 11) is 0. The van der Waals surface area contributed by atoms with Crippen molar-refractivity contribution in [2.45, 2.75) is 6.92 Å². The molecule has 0 atom stereocenters. The molecule has 1 aromatic carbocycles. The maximum atomic E-state index is 12.2. The summed E-state index contributed by atoms with van der Waals surface area (Å²) in [6.45, 7) is 1.49. The number of carbonyl (C=O) groups excluding carboxylic acids is 1. The van der Waals surface area contributed by atoms with Gasteiger partial charge in [-0.15, -0.1) is 0 Å². The summed E-state index contributed by atoms with van der Waals surface area (Å²) in [5, 5.41) is 19.8. The Morgan fingerprint density at radius 3 is 2.74 bits per heavy atom. The summed E-state index contributed by atoms with van der Waals surface area (Å²) in [6.07, 6.45) is 3.76. The van der Waals surface area contributed by atoms with Gasteiger partial charge in [0.2, 0.25) is 5.69 Å². The first-order valence-corrected chi connectivity index (χ1v) is 6.80. The fraction of sp³-hybridized carbons (Fsp3) is 0.0667. The van der Waals surface area contributed by atoms with E-state index in [4.69, 9.17) is 0 Å². The molecule has 0 radical (unpaired) electrons. The predicted octanol–water partition coefficient (Wildman–Crippen LogP) is 2.67. The lowest BCUT2D eigenvalue weighted by Crippen LogP contribution is -2.14. The van der Waals surface area contributed by atoms with Crippen LogP contribution in [0.4, 0.5) is 11.4 Å². The SMILES string of the molecule is Cc1[nH]nc(C(=O)Nc2cccc(-n3cccc3)c2)c1[N+](=O)[O-]. The number of nitro groups is 1. The second-order valence-corrected chi connectivity index (χ2v) is 4.90. The molecule has 0 unspecified atom stereocenters. The van der Waals surface area contributed by atoms with Crippen LogP contribution in [0, 0.1) is 17.0 Å². The van der Waals surface area contributed by atoms with Crippen molar-refractivity contribution in [1.29, 1.82) is 0 Å². The molecule has 0 aliphatic heterocycles. The van der Waals surface area contributed by atoms with Gasteiger partial charge in [0.25, 0.3) is 5.91 Å². The van der Waals surface area contributed by atoms with Gasteiger partial charge < -0.3 is 9.88 Å². The van der Waals surface area contributed by atoms with Gasteiger partial charge in [0.05, 0.1) is 4.92 Å². The van der Waals surface area contributed by atoms with E-state index >= 15 is 0 Å². The molecule has 3 rings (SSSR count). The number of aryl methyl sites for hydroxylation is 1. The molecule has 0 fully saturated rings. The molecule has 0 bridgehead atoms. The Kier molecular flexibility index (Phi) is 3.63. The Bertz CT molecular complexity index is 867. The average molecular weight is 311 g/mol. The lowest BCUT2D eigenvalue weighted by Gasteiger charge is -2.07. The van der Waals surface area contributed by atoms with Crippen molar-refractivity contribution in [1.82, 2.24) is 14.8 Å². The highest BCUT2D eigenvalue weighted by molar-refractivity contribution is 6.05. The van der Waals surface area contributed by atoms with Gasteiger partial charge in [0.1, 0.15) is 5.69 Å². The van der Waals surface area contributed by atoms with Crippen LogP contribution >= 0.6 is 0 Å². The second kappa shape index (κ2) is 5.76. The normalized spacial score (nSPS) is 10.5. The Balaban J connectivity index is 1.87. The van der Waals surface area contributed by atoms with Crippen LogP contribution < -0.4 is 5.32 Å². The smallest absolute Gasteiger partial charge is 0.322 e. The van der Waals surface area contributed by atoms with Crippen molar-refractivity contribution >= 4 is 17.3 Å². The summed E-state index contributed by atoms with van der Waals surface area (Å²) >= 11 is 0. The van der Waals surface area contributed by atoms with Gasteiger partial charge in [0.15, 0.2) is 0 Å². The Morgan fingerprint density at radius 1 is 1.30 bits per heavy atom. The molecule has 0 saturated heterocycles. The van der Waals surface area contributed by atoms with Gasteiger partial charge >= 0.3 is 5.69 Å². The third-order valence-corrected chi connectivity index (χ3v) is 3.32. The summed E-state index contributed by atoms with van der Waals surface area (Å²) in [4.78, 5) is 22.7. The number of nitrogens with one attached hydrogen (secondary N) is 2. The lowest BCUT2D eigenvalue weighted by atomic mass is 10.2. The quantitative estimate of drug-likeness (QED) is 0.570. The molecule has 2 heterocycles. The summed E-state index contributed by atoms with van der Waals surface area (Å²) in [5.41, 5.74) is 1.07. The zero-order valence-corrected chi connectivity index (χ0v) is 12.2. The van der Waals surface area contributed by atoms with Crippen LogP contribution in [-0.2, 0) is 0 Å².